The highest BCUT2D eigenvalue weighted by atomic mass is 16.5. The van der Waals surface area contributed by atoms with E-state index in [0.717, 1.165) is 25.7 Å². The summed E-state index contributed by atoms with van der Waals surface area (Å²) in [5.74, 6) is 0.627. The van der Waals surface area contributed by atoms with Gasteiger partial charge < -0.3 is 20.3 Å². The summed E-state index contributed by atoms with van der Waals surface area (Å²) >= 11 is 0. The molecule has 1 aromatic rings. The molecule has 1 fully saturated rings. The van der Waals surface area contributed by atoms with E-state index in [0.29, 0.717) is 24.4 Å². The molecule has 1 aliphatic carbocycles. The minimum Gasteiger partial charge on any atom is -0.491 e. The van der Waals surface area contributed by atoms with E-state index >= 15 is 0 Å². The Labute approximate surface area is 125 Å². The van der Waals surface area contributed by atoms with Crippen LogP contribution in [-0.2, 0) is 0 Å². The molecular formula is C16H22N2O3. The zero-order chi connectivity index (χ0) is 15.1. The topological polar surface area (TPSA) is 85.5 Å². The van der Waals surface area contributed by atoms with Crippen molar-refractivity contribution in [2.75, 3.05) is 19.7 Å². The summed E-state index contributed by atoms with van der Waals surface area (Å²) in [6, 6.07) is 8.81. The van der Waals surface area contributed by atoms with Crippen LogP contribution in [0.3, 0.4) is 0 Å². The lowest BCUT2D eigenvalue weighted by Crippen LogP contribution is -2.42. The maximum Gasteiger partial charge on any atom is 0.119 e. The number of hydrogen-bond acceptors (Lipinski definition) is 5. The average Bonchev–Trinajstić information content (AvgIpc) is 2.92. The summed E-state index contributed by atoms with van der Waals surface area (Å²) < 4.78 is 5.45. The largest absolute Gasteiger partial charge is 0.491 e. The third-order valence-electron chi connectivity index (χ3n) is 3.79. The second kappa shape index (κ2) is 7.41. The molecule has 0 radical (unpaired) electrons. The number of nitrogens with one attached hydrogen (secondary N) is 1. The normalized spacial score (nSPS) is 18.1. The summed E-state index contributed by atoms with van der Waals surface area (Å²) in [6.07, 6.45) is 3.17. The van der Waals surface area contributed by atoms with Crippen LogP contribution in [0.4, 0.5) is 0 Å². The molecule has 21 heavy (non-hydrogen) atoms. The van der Waals surface area contributed by atoms with E-state index in [1.807, 2.05) is 6.07 Å². The summed E-state index contributed by atoms with van der Waals surface area (Å²) in [7, 11) is 0. The maximum absolute atomic E-state index is 10.2. The molecule has 0 spiro atoms. The summed E-state index contributed by atoms with van der Waals surface area (Å²) in [4.78, 5) is 0. The van der Waals surface area contributed by atoms with Crippen molar-refractivity contribution in [1.29, 1.82) is 5.26 Å². The first-order valence-electron chi connectivity index (χ1n) is 7.35. The Morgan fingerprint density at radius 2 is 1.95 bits per heavy atom. The SMILES string of the molecule is N#Cc1ccc(OCC(O)CNCC2(O)CCCC2)cc1. The predicted molar refractivity (Wildman–Crippen MR) is 78.9 cm³/mol. The smallest absolute Gasteiger partial charge is 0.119 e. The van der Waals surface area contributed by atoms with Crippen LogP contribution in [0.15, 0.2) is 24.3 Å². The van der Waals surface area contributed by atoms with E-state index < -0.39 is 11.7 Å². The molecular weight excluding hydrogens is 268 g/mol. The van der Waals surface area contributed by atoms with Crippen molar-refractivity contribution in [3.05, 3.63) is 29.8 Å². The van der Waals surface area contributed by atoms with Crippen LogP contribution in [0.25, 0.3) is 0 Å². The second-order valence-electron chi connectivity index (χ2n) is 5.66. The van der Waals surface area contributed by atoms with Gasteiger partial charge in [0.1, 0.15) is 18.5 Å². The lowest BCUT2D eigenvalue weighted by Gasteiger charge is -2.23. The predicted octanol–water partition coefficient (Wildman–Crippen LogP) is 1.19. The van der Waals surface area contributed by atoms with Gasteiger partial charge in [0.2, 0.25) is 0 Å². The number of ether oxygens (including phenoxy) is 1. The minimum atomic E-state index is -0.634. The van der Waals surface area contributed by atoms with Gasteiger partial charge in [-0.25, -0.2) is 0 Å². The average molecular weight is 290 g/mol. The first-order chi connectivity index (χ1) is 10.1. The quantitative estimate of drug-likeness (QED) is 0.702. The molecule has 0 bridgehead atoms. The van der Waals surface area contributed by atoms with E-state index in [2.05, 4.69) is 5.32 Å². The van der Waals surface area contributed by atoms with Crippen molar-refractivity contribution in [3.8, 4) is 11.8 Å². The van der Waals surface area contributed by atoms with Gasteiger partial charge in [-0.2, -0.15) is 5.26 Å². The lowest BCUT2D eigenvalue weighted by molar-refractivity contribution is 0.0406. The molecule has 1 aromatic carbocycles. The Kier molecular flexibility index (Phi) is 5.57. The first-order valence-corrected chi connectivity index (χ1v) is 7.35. The first kappa shape index (κ1) is 15.8. The molecule has 5 nitrogen and oxygen atoms in total. The van der Waals surface area contributed by atoms with Gasteiger partial charge in [-0.15, -0.1) is 0 Å². The lowest BCUT2D eigenvalue weighted by atomic mass is 10.0. The van der Waals surface area contributed by atoms with E-state index in [1.165, 1.54) is 0 Å². The van der Waals surface area contributed by atoms with Gasteiger partial charge in [0.25, 0.3) is 0 Å². The fraction of sp³-hybridized carbons (Fsp3) is 0.562. The van der Waals surface area contributed by atoms with Crippen LogP contribution in [0, 0.1) is 11.3 Å². The van der Waals surface area contributed by atoms with Crippen LogP contribution >= 0.6 is 0 Å². The Morgan fingerprint density at radius 3 is 2.57 bits per heavy atom. The van der Waals surface area contributed by atoms with Crippen molar-refractivity contribution in [2.24, 2.45) is 0 Å². The molecule has 0 aliphatic heterocycles. The Bertz CT molecular complexity index is 475. The van der Waals surface area contributed by atoms with Crippen LogP contribution in [0.2, 0.25) is 0 Å². The van der Waals surface area contributed by atoms with Crippen molar-refractivity contribution in [2.45, 2.75) is 37.4 Å². The summed E-state index contributed by atoms with van der Waals surface area (Å²) in [6.45, 7) is 1.08. The molecule has 3 N–H and O–H groups in total. The van der Waals surface area contributed by atoms with Crippen molar-refractivity contribution in [3.63, 3.8) is 0 Å². The van der Waals surface area contributed by atoms with Gasteiger partial charge in [-0.05, 0) is 37.1 Å². The zero-order valence-corrected chi connectivity index (χ0v) is 12.1. The van der Waals surface area contributed by atoms with Gasteiger partial charge in [0, 0.05) is 13.1 Å². The van der Waals surface area contributed by atoms with E-state index in [1.54, 1.807) is 24.3 Å². The Hall–Kier alpha value is -1.61. The van der Waals surface area contributed by atoms with Crippen LogP contribution in [0.5, 0.6) is 5.75 Å². The zero-order valence-electron chi connectivity index (χ0n) is 12.1. The van der Waals surface area contributed by atoms with Crippen molar-refractivity contribution < 1.29 is 14.9 Å². The Balaban J connectivity index is 1.65. The monoisotopic (exact) mass is 290 g/mol. The molecule has 114 valence electrons. The van der Waals surface area contributed by atoms with Crippen molar-refractivity contribution in [1.82, 2.24) is 5.32 Å². The summed E-state index contributed by atoms with van der Waals surface area (Å²) in [5, 5.41) is 31.8. The molecule has 0 heterocycles. The fourth-order valence-corrected chi connectivity index (χ4v) is 2.56. The molecule has 1 aliphatic rings. The van der Waals surface area contributed by atoms with Gasteiger partial charge in [-0.1, -0.05) is 12.8 Å². The van der Waals surface area contributed by atoms with Gasteiger partial charge in [0.15, 0.2) is 0 Å². The van der Waals surface area contributed by atoms with Crippen LogP contribution in [0.1, 0.15) is 31.2 Å². The standard InChI is InChI=1S/C16H22N2O3/c17-9-13-3-5-15(6-4-13)21-11-14(19)10-18-12-16(20)7-1-2-8-16/h3-6,14,18-20H,1-2,7-8,10-12H2. The number of hydrogen-bond donors (Lipinski definition) is 3. The molecule has 0 saturated heterocycles. The number of benzene rings is 1. The minimum absolute atomic E-state index is 0.178. The third-order valence-corrected chi connectivity index (χ3v) is 3.79. The molecule has 0 amide bonds. The second-order valence-corrected chi connectivity index (χ2v) is 5.66. The molecule has 2 rings (SSSR count). The van der Waals surface area contributed by atoms with E-state index in [-0.39, 0.29) is 6.61 Å². The number of aliphatic hydroxyl groups excluding tert-OH is 1. The number of aliphatic hydroxyl groups is 2. The van der Waals surface area contributed by atoms with E-state index in [9.17, 15) is 10.2 Å². The molecule has 1 atom stereocenters. The third kappa shape index (κ3) is 5.01. The summed E-state index contributed by atoms with van der Waals surface area (Å²) in [5.41, 5.74) is -0.0253. The van der Waals surface area contributed by atoms with Gasteiger partial charge in [0.05, 0.1) is 17.2 Å². The van der Waals surface area contributed by atoms with Gasteiger partial charge in [-0.3, -0.25) is 0 Å². The van der Waals surface area contributed by atoms with Crippen LogP contribution < -0.4 is 10.1 Å². The number of nitrogens with zero attached hydrogens (tertiary/aromatic N) is 1. The van der Waals surface area contributed by atoms with Crippen LogP contribution in [-0.4, -0.2) is 41.6 Å². The highest BCUT2D eigenvalue weighted by Crippen LogP contribution is 2.28. The number of rotatable bonds is 7. The number of nitriles is 1. The maximum atomic E-state index is 10.2. The molecule has 1 unspecified atom stereocenters. The molecule has 1 saturated carbocycles. The molecule has 5 heteroatoms. The van der Waals surface area contributed by atoms with Crippen molar-refractivity contribution >= 4 is 0 Å². The molecule has 0 aromatic heterocycles. The van der Waals surface area contributed by atoms with E-state index in [4.69, 9.17) is 10.00 Å². The highest BCUT2D eigenvalue weighted by Gasteiger charge is 2.30. The highest BCUT2D eigenvalue weighted by molar-refractivity contribution is 5.34. The Morgan fingerprint density at radius 1 is 1.29 bits per heavy atom. The fourth-order valence-electron chi connectivity index (χ4n) is 2.56. The van der Waals surface area contributed by atoms with Gasteiger partial charge >= 0.3 is 0 Å².